The van der Waals surface area contributed by atoms with E-state index in [1.807, 2.05) is 11.0 Å². The average Bonchev–Trinajstić information content (AvgIpc) is 2.82. The van der Waals surface area contributed by atoms with Crippen molar-refractivity contribution in [1.82, 2.24) is 14.9 Å². The van der Waals surface area contributed by atoms with E-state index in [0.717, 1.165) is 23.7 Å². The summed E-state index contributed by atoms with van der Waals surface area (Å²) in [5.74, 6) is 2.23. The maximum absolute atomic E-state index is 12.9. The van der Waals surface area contributed by atoms with Gasteiger partial charge in [0, 0.05) is 43.3 Å². The van der Waals surface area contributed by atoms with Crippen LogP contribution in [0.3, 0.4) is 0 Å². The molecule has 2 fully saturated rings. The molecule has 1 amide bonds. The molecule has 1 aliphatic heterocycles. The number of piperazine rings is 1. The summed E-state index contributed by atoms with van der Waals surface area (Å²) in [4.78, 5) is 26.7. The van der Waals surface area contributed by atoms with Gasteiger partial charge in [0.1, 0.15) is 0 Å². The molecule has 0 unspecified atom stereocenters. The molecule has 1 N–H and O–H groups in total. The molecule has 7 nitrogen and oxygen atoms in total. The Morgan fingerprint density at radius 3 is 2.61 bits per heavy atom. The van der Waals surface area contributed by atoms with Crippen LogP contribution in [0.4, 0.5) is 11.6 Å². The smallest absolute Gasteiger partial charge is 0.254 e. The van der Waals surface area contributed by atoms with Crippen molar-refractivity contribution >= 4 is 40.2 Å². The molecule has 1 saturated heterocycles. The van der Waals surface area contributed by atoms with Gasteiger partial charge in [-0.15, -0.1) is 0 Å². The van der Waals surface area contributed by atoms with Crippen LogP contribution in [0.1, 0.15) is 35.2 Å². The van der Waals surface area contributed by atoms with Crippen LogP contribution >= 0.6 is 11.6 Å². The van der Waals surface area contributed by atoms with E-state index in [9.17, 15) is 10.1 Å². The van der Waals surface area contributed by atoms with E-state index < -0.39 is 0 Å². The standard InChI is InChI=1S/C25H25ClN6O/c26-20-6-2-5-19(14-20)25(33)32-11-9-31(10-12-32)24-23(28-16-17-3-1-4-17)29-21-8-7-18(15-27)13-22(21)30-24/h2,5-8,13-14,17H,1,3-4,9-12,16H2,(H,28,29). The molecule has 2 aliphatic rings. The lowest BCUT2D eigenvalue weighted by molar-refractivity contribution is 0.0746. The lowest BCUT2D eigenvalue weighted by Crippen LogP contribution is -2.49. The fourth-order valence-corrected chi connectivity index (χ4v) is 4.51. The molecule has 2 heterocycles. The highest BCUT2D eigenvalue weighted by Crippen LogP contribution is 2.30. The first kappa shape index (κ1) is 21.5. The minimum Gasteiger partial charge on any atom is -0.367 e. The number of hydrogen-bond acceptors (Lipinski definition) is 6. The molecule has 2 aromatic carbocycles. The summed E-state index contributed by atoms with van der Waals surface area (Å²) in [6, 6.07) is 14.6. The van der Waals surface area contributed by atoms with Gasteiger partial charge in [0.05, 0.1) is 22.7 Å². The predicted molar refractivity (Wildman–Crippen MR) is 130 cm³/mol. The van der Waals surface area contributed by atoms with Crippen molar-refractivity contribution in [1.29, 1.82) is 5.26 Å². The van der Waals surface area contributed by atoms with E-state index in [2.05, 4.69) is 16.3 Å². The summed E-state index contributed by atoms with van der Waals surface area (Å²) >= 11 is 6.06. The molecule has 3 aromatic rings. The number of rotatable bonds is 5. The van der Waals surface area contributed by atoms with E-state index >= 15 is 0 Å². The number of hydrogen-bond donors (Lipinski definition) is 1. The van der Waals surface area contributed by atoms with Crippen molar-refractivity contribution in [2.24, 2.45) is 5.92 Å². The number of nitrogens with zero attached hydrogens (tertiary/aromatic N) is 5. The van der Waals surface area contributed by atoms with Crippen LogP contribution in [-0.2, 0) is 0 Å². The number of nitrogens with one attached hydrogen (secondary N) is 1. The van der Waals surface area contributed by atoms with Gasteiger partial charge in [0.15, 0.2) is 11.6 Å². The Morgan fingerprint density at radius 1 is 1.09 bits per heavy atom. The lowest BCUT2D eigenvalue weighted by Gasteiger charge is -2.36. The quantitative estimate of drug-likeness (QED) is 0.610. The second-order valence-corrected chi connectivity index (χ2v) is 9.11. The predicted octanol–water partition coefficient (Wildman–Crippen LogP) is 4.33. The Hall–Kier alpha value is -3.37. The van der Waals surface area contributed by atoms with Crippen LogP contribution < -0.4 is 10.2 Å². The first-order valence-corrected chi connectivity index (χ1v) is 11.7. The largest absolute Gasteiger partial charge is 0.367 e. The van der Waals surface area contributed by atoms with Gasteiger partial charge >= 0.3 is 0 Å². The molecule has 1 saturated carbocycles. The number of fused-ring (bicyclic) bond motifs is 1. The monoisotopic (exact) mass is 460 g/mol. The molecule has 168 valence electrons. The van der Waals surface area contributed by atoms with E-state index in [1.165, 1.54) is 19.3 Å². The highest BCUT2D eigenvalue weighted by atomic mass is 35.5. The molecule has 0 spiro atoms. The van der Waals surface area contributed by atoms with Crippen LogP contribution in [0.25, 0.3) is 11.0 Å². The van der Waals surface area contributed by atoms with Crippen molar-refractivity contribution in [2.75, 3.05) is 42.9 Å². The SMILES string of the molecule is N#Cc1ccc2nc(NCC3CCC3)c(N3CCN(C(=O)c4cccc(Cl)c4)CC3)nc2c1. The second kappa shape index (κ2) is 9.24. The molecule has 1 aromatic heterocycles. The van der Waals surface area contributed by atoms with Gasteiger partial charge < -0.3 is 15.1 Å². The summed E-state index contributed by atoms with van der Waals surface area (Å²) in [7, 11) is 0. The highest BCUT2D eigenvalue weighted by Gasteiger charge is 2.26. The molecule has 1 aliphatic carbocycles. The van der Waals surface area contributed by atoms with E-state index in [4.69, 9.17) is 21.6 Å². The third-order valence-corrected chi connectivity index (χ3v) is 6.73. The number of carbonyl (C=O) groups is 1. The van der Waals surface area contributed by atoms with Crippen molar-refractivity contribution in [3.8, 4) is 6.07 Å². The van der Waals surface area contributed by atoms with E-state index in [0.29, 0.717) is 53.8 Å². The van der Waals surface area contributed by atoms with Crippen LogP contribution in [0.15, 0.2) is 42.5 Å². The number of carbonyl (C=O) groups excluding carboxylic acids is 1. The van der Waals surface area contributed by atoms with Gasteiger partial charge in [-0.2, -0.15) is 5.26 Å². The van der Waals surface area contributed by atoms with Gasteiger partial charge in [0.2, 0.25) is 0 Å². The molecule has 0 atom stereocenters. The number of nitriles is 1. The fourth-order valence-electron chi connectivity index (χ4n) is 4.32. The van der Waals surface area contributed by atoms with Gasteiger partial charge in [-0.05, 0) is 55.2 Å². The number of aromatic nitrogens is 2. The maximum Gasteiger partial charge on any atom is 0.254 e. The topological polar surface area (TPSA) is 85.2 Å². The first-order valence-electron chi connectivity index (χ1n) is 11.4. The number of amides is 1. The van der Waals surface area contributed by atoms with Crippen molar-refractivity contribution in [3.63, 3.8) is 0 Å². The van der Waals surface area contributed by atoms with Crippen LogP contribution in [0, 0.1) is 17.2 Å². The first-order chi connectivity index (χ1) is 16.1. The van der Waals surface area contributed by atoms with Crippen molar-refractivity contribution < 1.29 is 4.79 Å². The van der Waals surface area contributed by atoms with E-state index in [-0.39, 0.29) is 5.91 Å². The zero-order valence-corrected chi connectivity index (χ0v) is 19.1. The Kier molecular flexibility index (Phi) is 6.01. The average molecular weight is 461 g/mol. The molecule has 0 bridgehead atoms. The van der Waals surface area contributed by atoms with Crippen molar-refractivity contribution in [3.05, 3.63) is 58.6 Å². The van der Waals surface area contributed by atoms with Gasteiger partial charge in [0.25, 0.3) is 5.91 Å². The maximum atomic E-state index is 12.9. The zero-order chi connectivity index (χ0) is 22.8. The Balaban J connectivity index is 1.37. The second-order valence-electron chi connectivity index (χ2n) is 8.68. The number of anilines is 2. The minimum absolute atomic E-state index is 0.0104. The number of halogens is 1. The Morgan fingerprint density at radius 2 is 1.91 bits per heavy atom. The molecule has 8 heteroatoms. The third kappa shape index (κ3) is 4.57. The van der Waals surface area contributed by atoms with Gasteiger partial charge in [-0.3, -0.25) is 4.79 Å². The van der Waals surface area contributed by atoms with E-state index in [1.54, 1.807) is 36.4 Å². The summed E-state index contributed by atoms with van der Waals surface area (Å²) in [6.45, 7) is 3.37. The minimum atomic E-state index is -0.0104. The molecule has 33 heavy (non-hydrogen) atoms. The normalized spacial score (nSPS) is 16.4. The van der Waals surface area contributed by atoms with Crippen LogP contribution in [-0.4, -0.2) is 53.5 Å². The molecule has 0 radical (unpaired) electrons. The lowest BCUT2D eigenvalue weighted by atomic mass is 9.85. The summed E-state index contributed by atoms with van der Waals surface area (Å²) in [6.07, 6.45) is 3.79. The fraction of sp³-hybridized carbons (Fsp3) is 0.360. The van der Waals surface area contributed by atoms with Gasteiger partial charge in [-0.1, -0.05) is 24.1 Å². The zero-order valence-electron chi connectivity index (χ0n) is 18.3. The Labute approximate surface area is 198 Å². The summed E-state index contributed by atoms with van der Waals surface area (Å²) < 4.78 is 0. The molecule has 5 rings (SSSR count). The summed E-state index contributed by atoms with van der Waals surface area (Å²) in [5.41, 5.74) is 2.64. The van der Waals surface area contributed by atoms with Crippen LogP contribution in [0.2, 0.25) is 5.02 Å². The molecular weight excluding hydrogens is 436 g/mol. The highest BCUT2D eigenvalue weighted by molar-refractivity contribution is 6.30. The Bertz CT molecular complexity index is 1230. The van der Waals surface area contributed by atoms with Gasteiger partial charge in [-0.25, -0.2) is 9.97 Å². The van der Waals surface area contributed by atoms with Crippen molar-refractivity contribution in [2.45, 2.75) is 19.3 Å². The summed E-state index contributed by atoms with van der Waals surface area (Å²) in [5, 5.41) is 13.4. The number of benzene rings is 2. The van der Waals surface area contributed by atoms with Crippen LogP contribution in [0.5, 0.6) is 0 Å². The third-order valence-electron chi connectivity index (χ3n) is 6.50. The molecular formula is C25H25ClN6O.